The molecule has 0 N–H and O–H groups in total. The Labute approximate surface area is 117 Å². The maximum Gasteiger partial charge on any atom is 0.157 e. The summed E-state index contributed by atoms with van der Waals surface area (Å²) in [6, 6.07) is 0. The van der Waals surface area contributed by atoms with Crippen LogP contribution in [0, 0.1) is 5.92 Å². The number of hydrogen-bond donors (Lipinski definition) is 0. The molecule has 1 heterocycles. The monoisotopic (exact) mass is 264 g/mol. The largest absolute Gasteiger partial charge is 0.353 e. The Morgan fingerprint density at radius 2 is 2.11 bits per heavy atom. The summed E-state index contributed by atoms with van der Waals surface area (Å²) < 4.78 is 11.2. The third-order valence-electron chi connectivity index (χ3n) is 3.94. The fourth-order valence-electron chi connectivity index (χ4n) is 2.74. The number of rotatable bonds is 8. The van der Waals surface area contributed by atoms with Crippen molar-refractivity contribution in [2.45, 2.75) is 64.1 Å². The molecule has 2 rings (SSSR count). The van der Waals surface area contributed by atoms with Gasteiger partial charge in [0.05, 0.1) is 6.61 Å². The van der Waals surface area contributed by atoms with E-state index in [-0.39, 0.29) is 6.29 Å². The van der Waals surface area contributed by atoms with Crippen LogP contribution in [0.15, 0.2) is 24.3 Å². The van der Waals surface area contributed by atoms with E-state index in [0.29, 0.717) is 0 Å². The molecule has 0 aromatic heterocycles. The van der Waals surface area contributed by atoms with Crippen molar-refractivity contribution in [2.75, 3.05) is 13.2 Å². The van der Waals surface area contributed by atoms with E-state index in [2.05, 4.69) is 24.3 Å². The molecular formula is C17H28O2. The molecule has 0 saturated carbocycles. The van der Waals surface area contributed by atoms with Gasteiger partial charge >= 0.3 is 0 Å². The molecule has 0 aromatic rings. The van der Waals surface area contributed by atoms with Gasteiger partial charge in [-0.2, -0.15) is 0 Å². The molecule has 108 valence electrons. The van der Waals surface area contributed by atoms with Crippen molar-refractivity contribution in [2.24, 2.45) is 5.92 Å². The molecule has 0 aromatic carbocycles. The van der Waals surface area contributed by atoms with E-state index >= 15 is 0 Å². The molecule has 0 radical (unpaired) electrons. The summed E-state index contributed by atoms with van der Waals surface area (Å²) in [6.07, 6.45) is 20.4. The predicted molar refractivity (Wildman–Crippen MR) is 79.0 cm³/mol. The Hall–Kier alpha value is -0.600. The molecular weight excluding hydrogens is 236 g/mol. The number of unbranched alkanes of at least 4 members (excludes halogenated alkanes) is 1. The first-order chi connectivity index (χ1) is 9.45. The van der Waals surface area contributed by atoms with Crippen molar-refractivity contribution in [1.82, 2.24) is 0 Å². The second-order valence-electron chi connectivity index (χ2n) is 5.62. The average molecular weight is 264 g/mol. The molecule has 1 unspecified atom stereocenters. The highest BCUT2D eigenvalue weighted by molar-refractivity contribution is 4.97. The fourth-order valence-corrected chi connectivity index (χ4v) is 2.74. The average Bonchev–Trinajstić information content (AvgIpc) is 2.96. The Morgan fingerprint density at radius 1 is 1.16 bits per heavy atom. The van der Waals surface area contributed by atoms with Gasteiger partial charge in [0.15, 0.2) is 6.29 Å². The zero-order valence-corrected chi connectivity index (χ0v) is 12.1. The Morgan fingerprint density at radius 3 is 2.89 bits per heavy atom. The SMILES string of the molecule is C(=CCC[C@H]1C=CCC1)CCCOC1CCCCO1. The third kappa shape index (κ3) is 6.40. The van der Waals surface area contributed by atoms with E-state index in [1.165, 1.54) is 38.5 Å². The molecule has 1 fully saturated rings. The van der Waals surface area contributed by atoms with E-state index in [1.54, 1.807) is 0 Å². The highest BCUT2D eigenvalue weighted by Crippen LogP contribution is 2.21. The van der Waals surface area contributed by atoms with Crippen molar-refractivity contribution in [1.29, 1.82) is 0 Å². The molecule has 2 nitrogen and oxygen atoms in total. The van der Waals surface area contributed by atoms with Crippen molar-refractivity contribution < 1.29 is 9.47 Å². The van der Waals surface area contributed by atoms with Gasteiger partial charge in [0.2, 0.25) is 0 Å². The fraction of sp³-hybridized carbons (Fsp3) is 0.765. The number of ether oxygens (including phenoxy) is 2. The minimum atomic E-state index is 0.0758. The lowest BCUT2D eigenvalue weighted by atomic mass is 10.0. The summed E-state index contributed by atoms with van der Waals surface area (Å²) in [5, 5.41) is 0. The van der Waals surface area contributed by atoms with Crippen LogP contribution in [-0.2, 0) is 9.47 Å². The van der Waals surface area contributed by atoms with Gasteiger partial charge in [-0.3, -0.25) is 0 Å². The first-order valence-electron chi connectivity index (χ1n) is 8.00. The van der Waals surface area contributed by atoms with Crippen LogP contribution in [0.5, 0.6) is 0 Å². The molecule has 0 amide bonds. The summed E-state index contributed by atoms with van der Waals surface area (Å²) in [5.41, 5.74) is 0. The van der Waals surface area contributed by atoms with Crippen LogP contribution in [0.2, 0.25) is 0 Å². The Balaban J connectivity index is 1.39. The van der Waals surface area contributed by atoms with Crippen LogP contribution in [0.25, 0.3) is 0 Å². The maximum atomic E-state index is 5.71. The van der Waals surface area contributed by atoms with Gasteiger partial charge in [0.1, 0.15) is 0 Å². The minimum Gasteiger partial charge on any atom is -0.353 e. The van der Waals surface area contributed by atoms with Crippen LogP contribution in [0.1, 0.15) is 57.8 Å². The normalized spacial score (nSPS) is 27.4. The van der Waals surface area contributed by atoms with Gasteiger partial charge in [-0.05, 0) is 63.7 Å². The number of hydrogen-bond acceptors (Lipinski definition) is 2. The number of allylic oxidation sites excluding steroid dienone is 4. The van der Waals surface area contributed by atoms with Crippen molar-refractivity contribution >= 4 is 0 Å². The standard InChI is InChI=1S/C17H28O2/c1(2-4-10-16-11-5-6-12-16)3-8-14-18-17-13-7-9-15-19-17/h1-2,5,11,16-17H,3-4,6-10,12-15H2/t16-,17?/m0/s1. The van der Waals surface area contributed by atoms with E-state index in [9.17, 15) is 0 Å². The van der Waals surface area contributed by atoms with Gasteiger partial charge in [-0.1, -0.05) is 24.3 Å². The summed E-state index contributed by atoms with van der Waals surface area (Å²) in [6.45, 7) is 1.71. The van der Waals surface area contributed by atoms with E-state index in [0.717, 1.165) is 38.4 Å². The second-order valence-corrected chi connectivity index (χ2v) is 5.62. The van der Waals surface area contributed by atoms with Gasteiger partial charge in [0.25, 0.3) is 0 Å². The zero-order chi connectivity index (χ0) is 13.2. The van der Waals surface area contributed by atoms with Gasteiger partial charge < -0.3 is 9.47 Å². The van der Waals surface area contributed by atoms with Crippen molar-refractivity contribution in [3.8, 4) is 0 Å². The van der Waals surface area contributed by atoms with Gasteiger partial charge in [-0.25, -0.2) is 0 Å². The first kappa shape index (κ1) is 14.8. The van der Waals surface area contributed by atoms with E-state index in [4.69, 9.17) is 9.47 Å². The topological polar surface area (TPSA) is 18.5 Å². The molecule has 1 saturated heterocycles. The summed E-state index contributed by atoms with van der Waals surface area (Å²) in [4.78, 5) is 0. The van der Waals surface area contributed by atoms with E-state index < -0.39 is 0 Å². The summed E-state index contributed by atoms with van der Waals surface area (Å²) in [5.74, 6) is 0.844. The van der Waals surface area contributed by atoms with Crippen LogP contribution in [0.4, 0.5) is 0 Å². The quantitative estimate of drug-likeness (QED) is 0.471. The second kappa shape index (κ2) is 9.33. The lowest BCUT2D eigenvalue weighted by Crippen LogP contribution is -2.22. The van der Waals surface area contributed by atoms with Gasteiger partial charge in [0, 0.05) is 6.61 Å². The van der Waals surface area contributed by atoms with Crippen molar-refractivity contribution in [3.05, 3.63) is 24.3 Å². The van der Waals surface area contributed by atoms with Crippen LogP contribution in [-0.4, -0.2) is 19.5 Å². The molecule has 1 aliphatic heterocycles. The minimum absolute atomic E-state index is 0.0758. The lowest BCUT2D eigenvalue weighted by Gasteiger charge is -2.22. The maximum absolute atomic E-state index is 5.71. The smallest absolute Gasteiger partial charge is 0.157 e. The molecule has 2 atom stereocenters. The molecule has 0 bridgehead atoms. The van der Waals surface area contributed by atoms with Crippen LogP contribution < -0.4 is 0 Å². The highest BCUT2D eigenvalue weighted by atomic mass is 16.7. The Bertz CT molecular complexity index is 277. The van der Waals surface area contributed by atoms with E-state index in [1.807, 2.05) is 0 Å². The molecule has 1 aliphatic carbocycles. The molecule has 2 heteroatoms. The van der Waals surface area contributed by atoms with Gasteiger partial charge in [-0.15, -0.1) is 0 Å². The zero-order valence-electron chi connectivity index (χ0n) is 12.1. The third-order valence-corrected chi connectivity index (χ3v) is 3.94. The van der Waals surface area contributed by atoms with Crippen LogP contribution >= 0.6 is 0 Å². The lowest BCUT2D eigenvalue weighted by molar-refractivity contribution is -0.162. The summed E-state index contributed by atoms with van der Waals surface area (Å²) >= 11 is 0. The highest BCUT2D eigenvalue weighted by Gasteiger charge is 2.13. The van der Waals surface area contributed by atoms with Crippen LogP contribution in [0.3, 0.4) is 0 Å². The van der Waals surface area contributed by atoms with Crippen molar-refractivity contribution in [3.63, 3.8) is 0 Å². The predicted octanol–water partition coefficient (Wildman–Crippen LogP) is 4.61. The molecule has 0 spiro atoms. The first-order valence-corrected chi connectivity index (χ1v) is 8.00. The Kier molecular flexibility index (Phi) is 7.27. The molecule has 2 aliphatic rings. The summed E-state index contributed by atoms with van der Waals surface area (Å²) in [7, 11) is 0. The molecule has 19 heavy (non-hydrogen) atoms.